The van der Waals surface area contributed by atoms with Gasteiger partial charge in [-0.15, -0.1) is 0 Å². The van der Waals surface area contributed by atoms with Gasteiger partial charge in [-0.3, -0.25) is 19.2 Å². The molecule has 0 aromatic heterocycles. The van der Waals surface area contributed by atoms with E-state index in [0.29, 0.717) is 13.0 Å². The number of nitro benzene ring substituents is 1. The number of nitrogens with zero attached hydrogens (tertiary/aromatic N) is 1. The van der Waals surface area contributed by atoms with Crippen molar-refractivity contribution < 1.29 is 23.1 Å². The molecule has 1 saturated heterocycles. The van der Waals surface area contributed by atoms with Gasteiger partial charge in [0.25, 0.3) is 5.69 Å². The minimum atomic E-state index is -3.60. The van der Waals surface area contributed by atoms with Crippen LogP contribution < -0.4 is 4.52 Å². The maximum atomic E-state index is 12.0. The van der Waals surface area contributed by atoms with E-state index in [1.54, 1.807) is 6.92 Å². The van der Waals surface area contributed by atoms with Crippen LogP contribution in [0.3, 0.4) is 0 Å². The number of benzene rings is 1. The molecule has 0 spiro atoms. The van der Waals surface area contributed by atoms with Crippen molar-refractivity contribution in [2.75, 3.05) is 6.61 Å². The van der Waals surface area contributed by atoms with Gasteiger partial charge in [0.1, 0.15) is 5.75 Å². The zero-order chi connectivity index (χ0) is 13.2. The second-order valence-corrected chi connectivity index (χ2v) is 5.37. The number of nitro groups is 1. The third kappa shape index (κ3) is 3.07. The van der Waals surface area contributed by atoms with Crippen LogP contribution in [0.1, 0.15) is 13.3 Å². The van der Waals surface area contributed by atoms with E-state index in [9.17, 15) is 14.7 Å². The van der Waals surface area contributed by atoms with Gasteiger partial charge in [-0.2, -0.15) is 0 Å². The molecule has 1 aromatic carbocycles. The van der Waals surface area contributed by atoms with E-state index in [0.717, 1.165) is 0 Å². The quantitative estimate of drug-likeness (QED) is 0.478. The Balaban J connectivity index is 2.09. The molecule has 0 saturated carbocycles. The van der Waals surface area contributed by atoms with Gasteiger partial charge >= 0.3 is 7.82 Å². The molecule has 0 radical (unpaired) electrons. The summed E-state index contributed by atoms with van der Waals surface area (Å²) in [6.45, 7) is 2.07. The first-order chi connectivity index (χ1) is 8.48. The number of rotatable bonds is 3. The highest BCUT2D eigenvalue weighted by atomic mass is 31.2. The molecule has 1 aromatic rings. The molecule has 0 bridgehead atoms. The van der Waals surface area contributed by atoms with E-state index in [1.165, 1.54) is 24.3 Å². The first-order valence-electron chi connectivity index (χ1n) is 5.35. The summed E-state index contributed by atoms with van der Waals surface area (Å²) in [5, 5.41) is 10.5. The number of non-ortho nitro benzene ring substituents is 1. The van der Waals surface area contributed by atoms with Crippen LogP contribution in [0.2, 0.25) is 0 Å². The Hall–Kier alpha value is -1.43. The van der Waals surface area contributed by atoms with Crippen molar-refractivity contribution >= 4 is 13.5 Å². The normalized spacial score (nSPS) is 27.7. The van der Waals surface area contributed by atoms with Gasteiger partial charge in [0.05, 0.1) is 17.6 Å². The smallest absolute Gasteiger partial charge is 0.404 e. The molecule has 0 aliphatic carbocycles. The monoisotopic (exact) mass is 273 g/mol. The van der Waals surface area contributed by atoms with Crippen LogP contribution in [0.15, 0.2) is 24.3 Å². The molecule has 2 atom stereocenters. The van der Waals surface area contributed by atoms with Crippen LogP contribution in [-0.2, 0) is 13.6 Å². The Morgan fingerprint density at radius 2 is 2.11 bits per heavy atom. The maximum absolute atomic E-state index is 12.0. The van der Waals surface area contributed by atoms with Gasteiger partial charge in [0.15, 0.2) is 0 Å². The Morgan fingerprint density at radius 1 is 1.44 bits per heavy atom. The lowest BCUT2D eigenvalue weighted by Gasteiger charge is -2.26. The van der Waals surface area contributed by atoms with E-state index < -0.39 is 12.7 Å². The minimum Gasteiger partial charge on any atom is -0.404 e. The summed E-state index contributed by atoms with van der Waals surface area (Å²) < 4.78 is 27.3. The first-order valence-corrected chi connectivity index (χ1v) is 6.82. The summed E-state index contributed by atoms with van der Waals surface area (Å²) in [7, 11) is -3.60. The Morgan fingerprint density at radius 3 is 2.67 bits per heavy atom. The fraction of sp³-hybridized carbons (Fsp3) is 0.400. The molecule has 0 N–H and O–H groups in total. The first kappa shape index (κ1) is 13.0. The molecule has 1 fully saturated rings. The second kappa shape index (κ2) is 5.06. The van der Waals surface area contributed by atoms with Gasteiger partial charge in [-0.25, -0.2) is 4.57 Å². The average Bonchev–Trinajstić information content (AvgIpc) is 2.28. The molecule has 2 unspecified atom stereocenters. The van der Waals surface area contributed by atoms with Crippen LogP contribution in [-0.4, -0.2) is 17.6 Å². The standard InChI is InChI=1S/C10H12NO6P/c1-8-6-7-15-18(14,16-8)17-10-4-2-9(3-5-10)11(12)13/h2-5,8H,6-7H2,1H3. The van der Waals surface area contributed by atoms with Crippen molar-refractivity contribution in [3.05, 3.63) is 34.4 Å². The highest BCUT2D eigenvalue weighted by molar-refractivity contribution is 7.49. The lowest BCUT2D eigenvalue weighted by atomic mass is 10.3. The van der Waals surface area contributed by atoms with Crippen LogP contribution in [0.25, 0.3) is 0 Å². The SMILES string of the molecule is CC1CCOP(=O)(Oc2ccc([N+](=O)[O-])cc2)O1. The average molecular weight is 273 g/mol. The summed E-state index contributed by atoms with van der Waals surface area (Å²) in [6, 6.07) is 5.22. The third-order valence-electron chi connectivity index (χ3n) is 2.35. The van der Waals surface area contributed by atoms with Gasteiger partial charge in [0, 0.05) is 12.1 Å². The lowest BCUT2D eigenvalue weighted by Crippen LogP contribution is -2.19. The molecule has 8 heteroatoms. The maximum Gasteiger partial charge on any atom is 0.530 e. The van der Waals surface area contributed by atoms with E-state index in [2.05, 4.69) is 0 Å². The zero-order valence-electron chi connectivity index (χ0n) is 9.64. The highest BCUT2D eigenvalue weighted by Crippen LogP contribution is 2.53. The number of hydrogen-bond donors (Lipinski definition) is 0. The van der Waals surface area contributed by atoms with Crippen molar-refractivity contribution in [2.24, 2.45) is 0 Å². The van der Waals surface area contributed by atoms with E-state index in [4.69, 9.17) is 13.6 Å². The Bertz CT molecular complexity index is 488. The van der Waals surface area contributed by atoms with E-state index in [1.807, 2.05) is 0 Å². The van der Waals surface area contributed by atoms with E-state index >= 15 is 0 Å². The summed E-state index contributed by atoms with van der Waals surface area (Å²) in [5.74, 6) is 0.207. The van der Waals surface area contributed by atoms with Crippen LogP contribution >= 0.6 is 7.82 Å². The number of phosphoric ester groups is 1. The fourth-order valence-electron chi connectivity index (χ4n) is 1.44. The van der Waals surface area contributed by atoms with Crippen LogP contribution in [0.5, 0.6) is 5.75 Å². The fourth-order valence-corrected chi connectivity index (χ4v) is 2.85. The van der Waals surface area contributed by atoms with Crippen LogP contribution in [0, 0.1) is 10.1 Å². The second-order valence-electron chi connectivity index (χ2n) is 3.83. The minimum absolute atomic E-state index is 0.0699. The number of phosphoric acid groups is 1. The third-order valence-corrected chi connectivity index (χ3v) is 3.90. The van der Waals surface area contributed by atoms with Crippen molar-refractivity contribution in [3.63, 3.8) is 0 Å². The largest absolute Gasteiger partial charge is 0.530 e. The summed E-state index contributed by atoms with van der Waals surface area (Å²) in [4.78, 5) is 9.94. The summed E-state index contributed by atoms with van der Waals surface area (Å²) in [5.41, 5.74) is -0.0699. The molecule has 1 aliphatic heterocycles. The Labute approximate surface area is 103 Å². The summed E-state index contributed by atoms with van der Waals surface area (Å²) >= 11 is 0. The summed E-state index contributed by atoms with van der Waals surface area (Å²) in [6.07, 6.45) is 0.441. The molecule has 0 amide bonds. The van der Waals surface area contributed by atoms with Crippen molar-refractivity contribution in [3.8, 4) is 5.75 Å². The van der Waals surface area contributed by atoms with Crippen LogP contribution in [0.4, 0.5) is 5.69 Å². The number of hydrogen-bond acceptors (Lipinski definition) is 6. The predicted molar refractivity (Wildman–Crippen MR) is 62.4 cm³/mol. The molecular weight excluding hydrogens is 261 g/mol. The van der Waals surface area contributed by atoms with Gasteiger partial charge in [0.2, 0.25) is 0 Å². The zero-order valence-corrected chi connectivity index (χ0v) is 10.5. The molecule has 1 heterocycles. The molecule has 7 nitrogen and oxygen atoms in total. The van der Waals surface area contributed by atoms with Gasteiger partial charge in [-0.1, -0.05) is 0 Å². The molecule has 98 valence electrons. The van der Waals surface area contributed by atoms with Gasteiger partial charge < -0.3 is 4.52 Å². The molecule has 2 rings (SSSR count). The topological polar surface area (TPSA) is 87.9 Å². The molecule has 18 heavy (non-hydrogen) atoms. The predicted octanol–water partition coefficient (Wildman–Crippen LogP) is 2.91. The Kier molecular flexibility index (Phi) is 3.65. The van der Waals surface area contributed by atoms with Gasteiger partial charge in [-0.05, 0) is 25.5 Å². The molecule has 1 aliphatic rings. The van der Waals surface area contributed by atoms with Crippen molar-refractivity contribution in [1.29, 1.82) is 0 Å². The van der Waals surface area contributed by atoms with E-state index in [-0.39, 0.29) is 17.5 Å². The van der Waals surface area contributed by atoms with Crippen molar-refractivity contribution in [2.45, 2.75) is 19.4 Å². The highest BCUT2D eigenvalue weighted by Gasteiger charge is 2.35. The van der Waals surface area contributed by atoms with Crippen molar-refractivity contribution in [1.82, 2.24) is 0 Å². The lowest BCUT2D eigenvalue weighted by molar-refractivity contribution is -0.384. The molecular formula is C10H12NO6P.